The summed E-state index contributed by atoms with van der Waals surface area (Å²) >= 11 is 21.4. The highest BCUT2D eigenvalue weighted by Gasteiger charge is 2.17. The van der Waals surface area contributed by atoms with E-state index in [0.29, 0.717) is 26.2 Å². The Kier molecular flexibility index (Phi) is 14.3. The van der Waals surface area contributed by atoms with Crippen molar-refractivity contribution in [2.45, 2.75) is 37.4 Å². The number of alkyl halides is 4. The predicted molar refractivity (Wildman–Crippen MR) is 86.8 cm³/mol. The summed E-state index contributed by atoms with van der Waals surface area (Å²) in [5.41, 5.74) is 0. The maximum atomic E-state index is 11.0. The minimum atomic E-state index is -0.917. The number of rotatable bonds is 6. The van der Waals surface area contributed by atoms with Gasteiger partial charge in [-0.25, -0.2) is 0 Å². The maximum Gasteiger partial charge on any atom is 0.255 e. The molecule has 2 amide bonds. The molecule has 0 N–H and O–H groups in total. The second kappa shape index (κ2) is 12.8. The molecule has 0 saturated heterocycles. The number of amides is 2. The minimum Gasteiger partial charge on any atom is -0.341 e. The summed E-state index contributed by atoms with van der Waals surface area (Å²) in [7, 11) is 0. The highest BCUT2D eigenvalue weighted by molar-refractivity contribution is 6.53. The lowest BCUT2D eigenvalue weighted by molar-refractivity contribution is -0.129. The fourth-order valence-electron chi connectivity index (χ4n) is 1.35. The van der Waals surface area contributed by atoms with E-state index in [0.717, 1.165) is 0 Å². The Morgan fingerprint density at radius 1 is 0.700 bits per heavy atom. The molecule has 0 aliphatic carbocycles. The van der Waals surface area contributed by atoms with E-state index < -0.39 is 9.67 Å². The average Bonchev–Trinajstić information content (AvgIpc) is 2.41. The number of carbonyl (C=O) groups is 2. The smallest absolute Gasteiger partial charge is 0.255 e. The van der Waals surface area contributed by atoms with Crippen molar-refractivity contribution in [2.75, 3.05) is 26.2 Å². The third-order valence-corrected chi connectivity index (χ3v) is 3.27. The molecule has 0 aromatic heterocycles. The van der Waals surface area contributed by atoms with Gasteiger partial charge in [0, 0.05) is 26.2 Å². The summed E-state index contributed by atoms with van der Waals surface area (Å²) in [5.74, 6) is -0.429. The van der Waals surface area contributed by atoms with Crippen LogP contribution in [0.4, 0.5) is 0 Å². The van der Waals surface area contributed by atoms with Gasteiger partial charge in [0.15, 0.2) is 9.67 Å². The van der Waals surface area contributed by atoms with Crippen LogP contribution in [0.2, 0.25) is 0 Å². The molecule has 20 heavy (non-hydrogen) atoms. The first-order chi connectivity index (χ1) is 9.26. The molecule has 0 atom stereocenters. The molecule has 4 nitrogen and oxygen atoms in total. The second-order valence-corrected chi connectivity index (χ2v) is 5.81. The molecular weight excluding hydrogens is 346 g/mol. The summed E-state index contributed by atoms with van der Waals surface area (Å²) in [6.45, 7) is 10.2. The summed E-state index contributed by atoms with van der Waals surface area (Å²) in [6.07, 6.45) is 0. The summed E-state index contributed by atoms with van der Waals surface area (Å²) < 4.78 is 0. The van der Waals surface area contributed by atoms with Crippen LogP contribution in [0, 0.1) is 0 Å². The Labute approximate surface area is 141 Å². The monoisotopic (exact) mass is 366 g/mol. The first kappa shape index (κ1) is 22.4. The second-order valence-electron chi connectivity index (χ2n) is 3.62. The largest absolute Gasteiger partial charge is 0.341 e. The molecule has 0 aliphatic heterocycles. The molecule has 0 heterocycles. The fraction of sp³-hybridized carbons (Fsp3) is 0.833. The molecule has 0 fully saturated rings. The van der Waals surface area contributed by atoms with Crippen LogP contribution in [0.1, 0.15) is 27.7 Å². The molecule has 0 saturated carbocycles. The SMILES string of the molecule is CCN(CC)C(=O)C(Cl)Cl.CCN(CC)C(=O)C(Cl)Cl. The third kappa shape index (κ3) is 9.11. The normalized spacial score (nSPS) is 10.1. The number of hydrogen-bond donors (Lipinski definition) is 0. The van der Waals surface area contributed by atoms with E-state index in [1.807, 2.05) is 27.7 Å². The average molecular weight is 368 g/mol. The summed E-state index contributed by atoms with van der Waals surface area (Å²) in [4.78, 5) is 23.3. The fourth-order valence-corrected chi connectivity index (χ4v) is 1.90. The Balaban J connectivity index is 0. The van der Waals surface area contributed by atoms with Crippen molar-refractivity contribution in [2.24, 2.45) is 0 Å². The molecule has 0 spiro atoms. The quantitative estimate of drug-likeness (QED) is 0.675. The highest BCUT2D eigenvalue weighted by atomic mass is 35.5. The Hall–Kier alpha value is 0.1000. The van der Waals surface area contributed by atoms with Crippen molar-refractivity contribution in [3.8, 4) is 0 Å². The van der Waals surface area contributed by atoms with E-state index in [4.69, 9.17) is 46.4 Å². The molecule has 0 aromatic carbocycles. The van der Waals surface area contributed by atoms with Crippen LogP contribution < -0.4 is 0 Å². The van der Waals surface area contributed by atoms with Crippen molar-refractivity contribution in [3.05, 3.63) is 0 Å². The molecule has 0 aliphatic rings. The molecule has 0 unspecified atom stereocenters. The molecular formula is C12H22Cl4N2O2. The van der Waals surface area contributed by atoms with Crippen LogP contribution in [-0.4, -0.2) is 57.5 Å². The van der Waals surface area contributed by atoms with Gasteiger partial charge < -0.3 is 9.80 Å². The molecule has 8 heteroatoms. The molecule has 0 radical (unpaired) electrons. The number of hydrogen-bond acceptors (Lipinski definition) is 2. The van der Waals surface area contributed by atoms with Gasteiger partial charge in [0.25, 0.3) is 11.8 Å². The predicted octanol–water partition coefficient (Wildman–Crippen LogP) is 3.32. The summed E-state index contributed by atoms with van der Waals surface area (Å²) in [5, 5.41) is 0. The lowest BCUT2D eigenvalue weighted by Crippen LogP contribution is -2.34. The van der Waals surface area contributed by atoms with Crippen molar-refractivity contribution in [1.29, 1.82) is 0 Å². The van der Waals surface area contributed by atoms with Gasteiger partial charge >= 0.3 is 0 Å². The van der Waals surface area contributed by atoms with E-state index in [1.165, 1.54) is 0 Å². The zero-order chi connectivity index (χ0) is 16.3. The molecule has 0 bridgehead atoms. The van der Waals surface area contributed by atoms with Crippen LogP contribution in [0.3, 0.4) is 0 Å². The van der Waals surface area contributed by atoms with Crippen LogP contribution in [0.25, 0.3) is 0 Å². The van der Waals surface area contributed by atoms with E-state index in [2.05, 4.69) is 0 Å². The van der Waals surface area contributed by atoms with Crippen LogP contribution in [0.15, 0.2) is 0 Å². The van der Waals surface area contributed by atoms with Crippen molar-refractivity contribution in [1.82, 2.24) is 9.80 Å². The van der Waals surface area contributed by atoms with Crippen LogP contribution >= 0.6 is 46.4 Å². The first-order valence-corrected chi connectivity index (χ1v) is 8.14. The zero-order valence-corrected chi connectivity index (χ0v) is 15.2. The standard InChI is InChI=1S/2C6H11Cl2NO/c2*1-3-9(4-2)6(10)5(7)8/h2*5H,3-4H2,1-2H3. The van der Waals surface area contributed by atoms with Gasteiger partial charge in [-0.15, -0.1) is 0 Å². The van der Waals surface area contributed by atoms with Gasteiger partial charge in [-0.3, -0.25) is 9.59 Å². The lowest BCUT2D eigenvalue weighted by atomic mass is 10.5. The van der Waals surface area contributed by atoms with Gasteiger partial charge in [0.05, 0.1) is 0 Å². The van der Waals surface area contributed by atoms with Crippen molar-refractivity contribution in [3.63, 3.8) is 0 Å². The Bertz CT molecular complexity index is 253. The number of halogens is 4. The number of nitrogens with zero attached hydrogens (tertiary/aromatic N) is 2. The van der Waals surface area contributed by atoms with Gasteiger partial charge in [-0.05, 0) is 27.7 Å². The van der Waals surface area contributed by atoms with Crippen molar-refractivity contribution >= 4 is 58.2 Å². The van der Waals surface area contributed by atoms with E-state index in [-0.39, 0.29) is 11.8 Å². The topological polar surface area (TPSA) is 40.6 Å². The minimum absolute atomic E-state index is 0.215. The van der Waals surface area contributed by atoms with E-state index in [1.54, 1.807) is 9.80 Å². The summed E-state index contributed by atoms with van der Waals surface area (Å²) in [6, 6.07) is 0. The van der Waals surface area contributed by atoms with Gasteiger partial charge in [-0.2, -0.15) is 0 Å². The first-order valence-electron chi connectivity index (χ1n) is 6.40. The molecule has 0 aromatic rings. The Morgan fingerprint density at radius 2 is 0.900 bits per heavy atom. The van der Waals surface area contributed by atoms with Gasteiger partial charge in [0.1, 0.15) is 0 Å². The number of carbonyl (C=O) groups excluding carboxylic acids is 2. The molecule has 0 rings (SSSR count). The van der Waals surface area contributed by atoms with Crippen LogP contribution in [0.5, 0.6) is 0 Å². The lowest BCUT2D eigenvalue weighted by Gasteiger charge is -2.18. The van der Waals surface area contributed by atoms with Gasteiger partial charge in [0.2, 0.25) is 0 Å². The highest BCUT2D eigenvalue weighted by Crippen LogP contribution is 2.06. The molecule has 120 valence electrons. The van der Waals surface area contributed by atoms with Crippen LogP contribution in [-0.2, 0) is 9.59 Å². The van der Waals surface area contributed by atoms with Crippen molar-refractivity contribution < 1.29 is 9.59 Å². The van der Waals surface area contributed by atoms with Gasteiger partial charge in [-0.1, -0.05) is 46.4 Å². The maximum absolute atomic E-state index is 11.0. The van der Waals surface area contributed by atoms with E-state index in [9.17, 15) is 9.59 Å². The third-order valence-electron chi connectivity index (χ3n) is 2.52. The van der Waals surface area contributed by atoms with E-state index >= 15 is 0 Å². The Morgan fingerprint density at radius 3 is 0.950 bits per heavy atom. The zero-order valence-electron chi connectivity index (χ0n) is 12.2.